The van der Waals surface area contributed by atoms with Crippen molar-refractivity contribution in [1.82, 2.24) is 0 Å². The molecule has 10 unspecified atom stereocenters. The Bertz CT molecular complexity index is 2000. The quantitative estimate of drug-likeness (QED) is 0.0813. The van der Waals surface area contributed by atoms with Crippen LogP contribution in [0.25, 0.3) is 0 Å². The second kappa shape index (κ2) is 19.4. The van der Waals surface area contributed by atoms with Gasteiger partial charge in [-0.2, -0.15) is 0 Å². The van der Waals surface area contributed by atoms with Crippen LogP contribution in [0, 0.1) is 60.2 Å². The molecule has 5 saturated carbocycles. The molecule has 0 aliphatic heterocycles. The van der Waals surface area contributed by atoms with Crippen molar-refractivity contribution in [2.45, 2.75) is 58.8 Å². The number of carboxylic acids is 2. The minimum atomic E-state index is -1.03. The van der Waals surface area contributed by atoms with E-state index in [2.05, 4.69) is 31.2 Å². The summed E-state index contributed by atoms with van der Waals surface area (Å²) < 4.78 is 10.5. The van der Waals surface area contributed by atoms with Crippen molar-refractivity contribution in [3.05, 3.63) is 130 Å². The summed E-state index contributed by atoms with van der Waals surface area (Å²) in [6.07, 6.45) is 7.74. The second-order valence-corrected chi connectivity index (χ2v) is 16.4. The maximum atomic E-state index is 11.8. The van der Waals surface area contributed by atoms with Gasteiger partial charge in [0, 0.05) is 71.0 Å². The van der Waals surface area contributed by atoms with Gasteiger partial charge in [0.2, 0.25) is 0 Å². The normalized spacial score (nSPS) is 27.8. The fourth-order valence-corrected chi connectivity index (χ4v) is 11.2. The summed E-state index contributed by atoms with van der Waals surface area (Å²) in [7, 11) is 1.76. The number of benzene rings is 4. The predicted octanol–water partition coefficient (Wildman–Crippen LogP) is 9.86. The summed E-state index contributed by atoms with van der Waals surface area (Å²) in [6.45, 7) is 5.94. The van der Waals surface area contributed by atoms with E-state index in [1.54, 1.807) is 44.1 Å². The molecule has 5 aliphatic rings. The topological polar surface area (TPSA) is 127 Å². The molecule has 4 aromatic carbocycles. The Morgan fingerprint density at radius 2 is 1.05 bits per heavy atom. The van der Waals surface area contributed by atoms with E-state index >= 15 is 0 Å². The number of aryl methyl sites for hydroxylation is 1. The average Bonchev–Trinajstić information content (AvgIpc) is 4.02. The van der Waals surface area contributed by atoms with Crippen LogP contribution >= 0.6 is 0 Å². The maximum absolute atomic E-state index is 11.8. The summed E-state index contributed by atoms with van der Waals surface area (Å²) >= 11 is 0. The number of ketones is 1. The number of hydrogen-bond acceptors (Lipinski definition) is 6. The largest absolute Gasteiger partial charge is 0.497 e. The van der Waals surface area contributed by atoms with Crippen molar-refractivity contribution in [3.63, 3.8) is 0 Å². The van der Waals surface area contributed by atoms with Crippen molar-refractivity contribution in [3.8, 4) is 11.5 Å². The molecular formula is C47H50O8Y2. The van der Waals surface area contributed by atoms with E-state index in [0.717, 1.165) is 70.5 Å². The van der Waals surface area contributed by atoms with Crippen molar-refractivity contribution in [2.24, 2.45) is 53.3 Å². The van der Waals surface area contributed by atoms with Crippen molar-refractivity contribution in [1.29, 1.82) is 0 Å². The molecule has 292 valence electrons. The van der Waals surface area contributed by atoms with Gasteiger partial charge in [-0.3, -0.25) is 4.79 Å². The van der Waals surface area contributed by atoms with Gasteiger partial charge in [-0.15, -0.1) is 0 Å². The van der Waals surface area contributed by atoms with Gasteiger partial charge in [0.25, 0.3) is 0 Å². The van der Waals surface area contributed by atoms with Crippen LogP contribution < -0.4 is 9.47 Å². The van der Waals surface area contributed by atoms with Gasteiger partial charge in [-0.1, -0.05) is 48.9 Å². The number of hydrogen-bond donors (Lipinski definition) is 2. The summed E-state index contributed by atoms with van der Waals surface area (Å²) in [4.78, 5) is 43.7. The molecule has 4 bridgehead atoms. The summed E-state index contributed by atoms with van der Waals surface area (Å²) in [5.41, 5.74) is 3.81. The molecule has 9 rings (SSSR count). The monoisotopic (exact) mass is 920 g/mol. The fourth-order valence-electron chi connectivity index (χ4n) is 11.2. The van der Waals surface area contributed by atoms with Crippen LogP contribution in [-0.2, 0) is 65.4 Å². The van der Waals surface area contributed by atoms with Crippen LogP contribution in [0.5, 0.6) is 11.5 Å². The van der Waals surface area contributed by atoms with Crippen molar-refractivity contribution < 1.29 is 104 Å². The Morgan fingerprint density at radius 3 is 1.56 bits per heavy atom. The van der Waals surface area contributed by atoms with E-state index in [0.29, 0.717) is 16.9 Å². The van der Waals surface area contributed by atoms with Gasteiger partial charge < -0.3 is 19.7 Å². The Kier molecular flexibility index (Phi) is 15.3. The molecule has 57 heavy (non-hydrogen) atoms. The summed E-state index contributed by atoms with van der Waals surface area (Å²) in [5.74, 6) is 9.58. The number of Topliss-reactive ketones (excluding diaryl/α,β-unsaturated/α-hetero) is 1. The van der Waals surface area contributed by atoms with E-state index in [9.17, 15) is 19.2 Å². The van der Waals surface area contributed by atoms with E-state index in [4.69, 9.17) is 19.7 Å². The minimum Gasteiger partial charge on any atom is -0.497 e. The number of methoxy groups -OCH3 is 1. The van der Waals surface area contributed by atoms with Gasteiger partial charge in [-0.25, -0.2) is 14.4 Å². The van der Waals surface area contributed by atoms with E-state index in [1.807, 2.05) is 19.1 Å². The Labute approximate surface area is 385 Å². The Hall–Kier alpha value is -3.03. The van der Waals surface area contributed by atoms with Gasteiger partial charge in [0.05, 0.1) is 23.8 Å². The molecule has 0 saturated heterocycles. The maximum Gasteiger partial charge on any atom is 0.343 e. The Balaban J connectivity index is 0.000000170. The first-order valence-electron chi connectivity index (χ1n) is 19.5. The molecule has 2 radical (unpaired) electrons. The molecule has 0 aromatic heterocycles. The zero-order valence-electron chi connectivity index (χ0n) is 33.0. The molecule has 2 N–H and O–H groups in total. The van der Waals surface area contributed by atoms with Gasteiger partial charge in [-0.05, 0) is 171 Å². The number of rotatable bonds is 7. The smallest absolute Gasteiger partial charge is 0.343 e. The average molecular weight is 921 g/mol. The van der Waals surface area contributed by atoms with E-state index in [-0.39, 0.29) is 82.3 Å². The first-order chi connectivity index (χ1) is 26.4. The number of carbonyl (C=O) groups is 4. The van der Waals surface area contributed by atoms with E-state index < -0.39 is 17.9 Å². The molecule has 0 spiro atoms. The van der Waals surface area contributed by atoms with Crippen LogP contribution in [-0.4, -0.2) is 41.0 Å². The fraction of sp³-hybridized carbons (Fsp3) is 0.404. The number of fused-ring (bicyclic) bond motifs is 12. The molecule has 8 nitrogen and oxygen atoms in total. The first-order valence-corrected chi connectivity index (χ1v) is 19.5. The van der Waals surface area contributed by atoms with Crippen LogP contribution in [0.4, 0.5) is 0 Å². The number of carbonyl (C=O) groups excluding carboxylic acids is 2. The van der Waals surface area contributed by atoms with Gasteiger partial charge in [0.1, 0.15) is 11.5 Å². The molecule has 0 heterocycles. The summed E-state index contributed by atoms with van der Waals surface area (Å²) in [6, 6.07) is 27.5. The van der Waals surface area contributed by atoms with Crippen LogP contribution in [0.15, 0.2) is 97.1 Å². The zero-order valence-corrected chi connectivity index (χ0v) is 38.7. The number of carboxylic acid groups (broad SMARTS) is 2. The molecule has 4 aromatic rings. The van der Waals surface area contributed by atoms with Crippen LogP contribution in [0.2, 0.25) is 0 Å². The molecule has 5 fully saturated rings. The Morgan fingerprint density at radius 1 is 0.561 bits per heavy atom. The van der Waals surface area contributed by atoms with Crippen LogP contribution in [0.1, 0.15) is 104 Å². The number of esters is 1. The van der Waals surface area contributed by atoms with Crippen molar-refractivity contribution in [2.75, 3.05) is 7.11 Å². The van der Waals surface area contributed by atoms with Crippen LogP contribution in [0.3, 0.4) is 0 Å². The molecule has 10 atom stereocenters. The predicted molar refractivity (Wildman–Crippen MR) is 209 cm³/mol. The first kappa shape index (κ1) is 45.1. The molecular weight excluding hydrogens is 870 g/mol. The second-order valence-electron chi connectivity index (χ2n) is 16.4. The van der Waals surface area contributed by atoms with Gasteiger partial charge in [0.15, 0.2) is 5.78 Å². The van der Waals surface area contributed by atoms with E-state index in [1.165, 1.54) is 68.3 Å². The van der Waals surface area contributed by atoms with Gasteiger partial charge >= 0.3 is 17.9 Å². The molecule has 10 heteroatoms. The third-order valence-corrected chi connectivity index (χ3v) is 13.5. The third kappa shape index (κ3) is 9.72. The number of ether oxygens (including phenoxy) is 2. The molecule has 5 aliphatic carbocycles. The zero-order chi connectivity index (χ0) is 39.0. The standard InChI is InChI=1S/C23H30O.C15H12O4.C9H8O3.2Y/c1-12-7-15-10-17(12)23-21-11-20(22(15)23)18-8-14(9-19(18)21)13-3-5-16(24-2)6-4-13;1-10-2-8-13(9-3-10)19-15(18)12-6-4-11(5-7-12)14(16)17;1-6(10)7-2-4-8(5-3-7)9(11)12;;/h3-6,12,14-15,17-23H,7-11H2,1-2H3;2-9H,1H3,(H,16,17);2-5H,1H3,(H,11,12);;. The number of aromatic carboxylic acids is 2. The molecule has 0 amide bonds. The summed E-state index contributed by atoms with van der Waals surface area (Å²) in [5, 5.41) is 17.3. The minimum absolute atomic E-state index is 0. The SMILES string of the molecule is CC(=O)c1ccc(C(=O)O)cc1.COc1ccc(C2CC3C(C2)C2CC3C3C4CC(C)C(C4)C23)cc1.Cc1ccc(OC(=O)c2ccc(C(=O)O)cc2)cc1.[Y].[Y]. The third-order valence-electron chi connectivity index (χ3n) is 13.5. The van der Waals surface area contributed by atoms with Crippen molar-refractivity contribution >= 4 is 23.7 Å².